The molecule has 6 aliphatic rings. The Labute approximate surface area is 849 Å². The quantitative estimate of drug-likeness (QED) is 0.0114. The molecule has 0 unspecified atom stereocenters. The number of thiol groups is 4. The number of H-pyrrole nitrogens is 2. The van der Waals surface area contributed by atoms with Crippen LogP contribution in [0.5, 0.6) is 0 Å². The number of carboxylic acids is 3. The monoisotopic (exact) mass is 2100 g/mol. The number of aliphatic imine (C=N–C) groups is 1. The van der Waals surface area contributed by atoms with E-state index in [-0.39, 0.29) is 107 Å². The molecule has 57 heteroatoms. The number of aromatic amines is 2. The molecule has 0 saturated carbocycles. The maximum Gasteiger partial charge on any atom is 0.305 e. The van der Waals surface area contributed by atoms with Crippen molar-refractivity contribution >= 4 is 214 Å². The van der Waals surface area contributed by atoms with Gasteiger partial charge in [0.25, 0.3) is 0 Å². The lowest BCUT2D eigenvalue weighted by Gasteiger charge is -2.29. The first-order chi connectivity index (χ1) is 69.2. The Hall–Kier alpha value is -13.4. The Morgan fingerprint density at radius 1 is 0.366 bits per heavy atom. The summed E-state index contributed by atoms with van der Waals surface area (Å²) in [6.07, 6.45) is 1.70. The van der Waals surface area contributed by atoms with Gasteiger partial charge in [0.15, 0.2) is 5.96 Å². The Balaban J connectivity index is 0.000000323. The fraction of sp³-hybridized carbons (Fsp3) is 0.545. The van der Waals surface area contributed by atoms with Crippen molar-refractivity contribution in [2.75, 3.05) is 95.1 Å². The lowest BCUT2D eigenvalue weighted by Crippen LogP contribution is -2.60. The van der Waals surface area contributed by atoms with Gasteiger partial charge in [-0.3, -0.25) is 115 Å². The number of hydrogen-bond donors (Lipinski definition) is 29. The summed E-state index contributed by atoms with van der Waals surface area (Å²) in [4.78, 5) is 320. The number of benzene rings is 2. The fourth-order valence-electron chi connectivity index (χ4n) is 17.0. The maximum absolute atomic E-state index is 14.2. The first-order valence-corrected chi connectivity index (χ1v) is 49.1. The van der Waals surface area contributed by atoms with Crippen LogP contribution in [0, 0.1) is 0 Å². The van der Waals surface area contributed by atoms with E-state index < -0.39 is 309 Å². The molecule has 145 heavy (non-hydrogen) atoms. The zero-order valence-corrected chi connectivity index (χ0v) is 82.0. The average Bonchev–Trinajstić information content (AvgIpc) is 1.60. The van der Waals surface area contributed by atoms with E-state index in [1.165, 1.54) is 10.0 Å². The SMILES string of the molecule is NC(N)=NCCC[C@@H]1NC(=O)CNN2CCC[C@H]2C(=O)N[C@@H](Cc2c[nH]c3ccccc23)C(=O)N[C@@H](CS)C(=O)N[C@@H](CO)C(=O)NCC(=O)C(=O)[C@@H]2CCCN2C(=O)[C@H](CO)NC(=O)[C@H](CS)NC1=O.O=C(O)CC[C@@H]1NC(=O)[C@H](CS)NC(=O)[C@H](CC(=O)O)NC(=O)[C@@H]2CCCN2NCC(=O)N[C@@H](Cc2c[nH]c3ccccc23)C(=O)N[C@@H](CS)C(=O)N[C@@H](CCC(=O)O)C(=O)N2CCC[C@H]2C(=O)C(=O)CNC1=O. The van der Waals surface area contributed by atoms with E-state index in [2.05, 4.69) is 151 Å². The van der Waals surface area contributed by atoms with E-state index in [4.69, 9.17) is 11.5 Å². The summed E-state index contributed by atoms with van der Waals surface area (Å²) in [7, 11) is 0. The number of carbonyl (C=O) groups is 23. The van der Waals surface area contributed by atoms with Crippen LogP contribution in [-0.4, -0.2) is 389 Å². The number of nitrogens with zero attached hydrogens (tertiary/aromatic N) is 5. The van der Waals surface area contributed by atoms with E-state index in [0.717, 1.165) is 20.7 Å². The first kappa shape index (κ1) is 115. The molecule has 27 N–H and O–H groups in total. The predicted molar refractivity (Wildman–Crippen MR) is 524 cm³/mol. The molecule has 16 amide bonds. The molecule has 6 fully saturated rings. The summed E-state index contributed by atoms with van der Waals surface area (Å²) < 4.78 is 0. The first-order valence-electron chi connectivity index (χ1n) is 46.6. The molecule has 6 saturated heterocycles. The van der Waals surface area contributed by atoms with Crippen LogP contribution in [0.25, 0.3) is 21.8 Å². The number of hydrogen-bond acceptors (Lipinski definition) is 34. The summed E-state index contributed by atoms with van der Waals surface area (Å²) in [5, 5.41) is 87.3. The summed E-state index contributed by atoms with van der Waals surface area (Å²) in [5.74, 6) is -25.3. The number of para-hydroxylation sites is 2. The number of aliphatic hydroxyl groups excluding tert-OH is 2. The Bertz CT molecular complexity index is 5490. The Morgan fingerprint density at radius 3 is 1.13 bits per heavy atom. The van der Waals surface area contributed by atoms with Crippen LogP contribution in [-0.2, 0) is 123 Å². The molecular weight excluding hydrogens is 1980 g/mol. The van der Waals surface area contributed by atoms with Gasteiger partial charge in [-0.25, -0.2) is 20.9 Å². The van der Waals surface area contributed by atoms with Gasteiger partial charge in [0, 0.05) is 116 Å². The van der Waals surface area contributed by atoms with E-state index in [9.17, 15) is 136 Å². The topological polar surface area (TPSA) is 795 Å². The molecule has 790 valence electrons. The van der Waals surface area contributed by atoms with Gasteiger partial charge in [-0.15, -0.1) is 0 Å². The zero-order chi connectivity index (χ0) is 106. The molecule has 0 radical (unpaired) electrons. The summed E-state index contributed by atoms with van der Waals surface area (Å²) in [6.45, 7) is -4.38. The van der Waals surface area contributed by atoms with E-state index >= 15 is 0 Å². The molecule has 2 aromatic heterocycles. The molecule has 10 rings (SSSR count). The standard InChI is InChI=1S/C45H59N11O16S2.C43H62N14O12S2/c57-33-18-47-39(66)25(9-11-35(59)60)50-42(69)29(20-73)54-41(68)28(16-37(63)64)52-44(71)32-8-4-14-56(32)48-19-34(58)49-27(15-22-17-46-24-6-2-1-5-23(22)24)40(67)53-30(21-74)43(70)51-26(10-12-36(61)62)45(72)55-13-3-7-31(55)38(33)65;44-43(45)46-11-3-8-25-37(64)54-30(21-71)40(67)53-28(19-59)42(69)56-12-4-9-31(56)35(62)33(60)16-48-36(63)27(18-58)52-39(66)29(20-70)55-38(65)26(14-22-15-47-24-7-2-1-6-23(22)24)51-41(68)32-10-5-13-57(32)49-17-34(61)50-25/h1-2,5-6,17,25-32,46,48,73-74H,3-4,7-16,18-21H2,(H,47,66)(H,49,58)(H,50,69)(H,51,70)(H,52,71)(H,53,67)(H,54,68)(H,59,60)(H,61,62)(H,63,64);1-2,6-7,15,25-32,47,49,58-59,70-71H,3-5,8-14,16-21H2,(H,48,63)(H,50,61)(H,51,68)(H,52,66)(H,53,67)(H,54,64)(H,55,65)(H4,44,45,46)/t2*25-,26-,27-,28-,29-,30-,31-,32-/m00/s1. The Morgan fingerprint density at radius 2 is 0.703 bits per heavy atom. The number of Topliss-reactive ketones (excluding diaryl/α,β-unsaturated/α-hetero) is 4. The van der Waals surface area contributed by atoms with Gasteiger partial charge in [0.05, 0.1) is 57.9 Å². The number of nitrogens with two attached hydrogens (primary N) is 2. The van der Waals surface area contributed by atoms with Crippen LogP contribution in [0.4, 0.5) is 0 Å². The van der Waals surface area contributed by atoms with Crippen molar-refractivity contribution in [3.8, 4) is 0 Å². The number of fused-ring (bicyclic) bond motifs is 6. The number of nitrogens with one attached hydrogen (secondary N) is 18. The van der Waals surface area contributed by atoms with Crippen LogP contribution >= 0.6 is 50.5 Å². The van der Waals surface area contributed by atoms with Gasteiger partial charge in [-0.05, 0) is 100 Å². The van der Waals surface area contributed by atoms with E-state index in [0.29, 0.717) is 47.8 Å². The van der Waals surface area contributed by atoms with E-state index in [1.54, 1.807) is 42.7 Å². The van der Waals surface area contributed by atoms with Gasteiger partial charge >= 0.3 is 17.9 Å². The lowest BCUT2D eigenvalue weighted by molar-refractivity contribution is -0.145. The van der Waals surface area contributed by atoms with Gasteiger partial charge in [0.1, 0.15) is 84.6 Å². The summed E-state index contributed by atoms with van der Waals surface area (Å²) in [5.41, 5.74) is 19.4. The average molecular weight is 2110 g/mol. The highest BCUT2D eigenvalue weighted by Gasteiger charge is 2.46. The molecule has 0 aliphatic carbocycles. The number of carbonyl (C=O) groups excluding carboxylic acids is 20. The molecule has 53 nitrogen and oxygen atoms in total. The smallest absolute Gasteiger partial charge is 0.305 e. The number of guanidine groups is 1. The van der Waals surface area contributed by atoms with Gasteiger partial charge in [0.2, 0.25) is 118 Å². The Kier molecular flexibility index (Phi) is 44.6. The van der Waals surface area contributed by atoms with Crippen LogP contribution in [0.3, 0.4) is 0 Å². The third-order valence-corrected chi connectivity index (χ3v) is 26.0. The number of aromatic nitrogens is 2. The van der Waals surface area contributed by atoms with Crippen molar-refractivity contribution < 1.29 is 136 Å². The van der Waals surface area contributed by atoms with Gasteiger partial charge in [-0.1, -0.05) is 36.4 Å². The van der Waals surface area contributed by atoms with Crippen LogP contribution < -0.4 is 96.8 Å². The molecule has 0 spiro atoms. The van der Waals surface area contributed by atoms with Crippen molar-refractivity contribution in [1.29, 1.82) is 0 Å². The number of rotatable bonds is 22. The minimum atomic E-state index is -1.79. The third-order valence-electron chi connectivity index (χ3n) is 24.6. The normalized spacial score (nSPS) is 26.4. The van der Waals surface area contributed by atoms with E-state index in [1.807, 2.05) is 18.2 Å². The van der Waals surface area contributed by atoms with Crippen molar-refractivity contribution in [2.45, 2.75) is 206 Å². The zero-order valence-electron chi connectivity index (χ0n) is 78.4. The maximum atomic E-state index is 14.2. The number of ketones is 4. The molecular formula is C88H121N25O28S4. The second-order valence-electron chi connectivity index (χ2n) is 34.7. The van der Waals surface area contributed by atoms with Crippen LogP contribution in [0.15, 0.2) is 65.9 Å². The minimum Gasteiger partial charge on any atom is -0.481 e. The van der Waals surface area contributed by atoms with Gasteiger partial charge < -0.3 is 131 Å². The predicted octanol–water partition coefficient (Wildman–Crippen LogP) is -10.3. The highest BCUT2D eigenvalue weighted by Crippen LogP contribution is 2.27. The molecule has 6 aliphatic heterocycles. The number of carboxylic acid groups (broad SMARTS) is 3. The van der Waals surface area contributed by atoms with Crippen molar-refractivity contribution in [1.82, 2.24) is 115 Å². The molecule has 16 atom stereocenters. The summed E-state index contributed by atoms with van der Waals surface area (Å²) >= 11 is 16.8. The molecule has 0 bridgehead atoms. The highest BCUT2D eigenvalue weighted by molar-refractivity contribution is 7.80. The number of amides is 16. The third kappa shape index (κ3) is 33.0. The van der Waals surface area contributed by atoms with Crippen molar-refractivity contribution in [2.24, 2.45) is 16.5 Å². The molecule has 2 aromatic carbocycles. The van der Waals surface area contributed by atoms with Crippen LogP contribution in [0.2, 0.25) is 0 Å². The number of aliphatic hydroxyl groups is 2. The highest BCUT2D eigenvalue weighted by atomic mass is 32.1. The molecule has 8 heterocycles. The minimum absolute atomic E-state index is 0.0217. The van der Waals surface area contributed by atoms with Crippen LogP contribution in [0.1, 0.15) is 107 Å². The number of hydrazine groups is 2. The number of aliphatic carboxylic acids is 3. The van der Waals surface area contributed by atoms with Gasteiger partial charge in [-0.2, -0.15) is 50.5 Å². The fourth-order valence-corrected chi connectivity index (χ4v) is 18.0. The van der Waals surface area contributed by atoms with Crippen molar-refractivity contribution in [3.63, 3.8) is 0 Å². The molecule has 4 aromatic rings. The second-order valence-corrected chi connectivity index (χ2v) is 36.2. The van der Waals surface area contributed by atoms with Crippen molar-refractivity contribution in [3.05, 3.63) is 72.1 Å². The lowest BCUT2D eigenvalue weighted by atomic mass is 10.0. The second kappa shape index (κ2) is 56.2. The largest absolute Gasteiger partial charge is 0.481 e. The summed E-state index contributed by atoms with van der Waals surface area (Å²) in [6, 6.07) is -8.75.